The van der Waals surface area contributed by atoms with Crippen molar-refractivity contribution in [3.63, 3.8) is 0 Å². The van der Waals surface area contributed by atoms with E-state index in [1.54, 1.807) is 25.1 Å². The number of Topliss-reactive ketones (excluding diaryl/α,β-unsaturated/α-hetero) is 1. The fourth-order valence-corrected chi connectivity index (χ4v) is 1.79. The lowest BCUT2D eigenvalue weighted by molar-refractivity contribution is 0.0980. The van der Waals surface area contributed by atoms with Crippen LogP contribution in [0, 0.1) is 6.92 Å². The van der Waals surface area contributed by atoms with Gasteiger partial charge < -0.3 is 9.73 Å². The number of hydrogen-bond acceptors (Lipinski definition) is 4. The molecular formula is C13H16N2O2. The Morgan fingerprint density at radius 3 is 3.06 bits per heavy atom. The van der Waals surface area contributed by atoms with Crippen molar-refractivity contribution in [3.8, 4) is 0 Å². The summed E-state index contributed by atoms with van der Waals surface area (Å²) < 4.78 is 5.37. The van der Waals surface area contributed by atoms with Crippen LogP contribution in [-0.2, 0) is 0 Å². The summed E-state index contributed by atoms with van der Waals surface area (Å²) in [5, 5.41) is 3.03. The summed E-state index contributed by atoms with van der Waals surface area (Å²) in [7, 11) is 1.88. The summed E-state index contributed by atoms with van der Waals surface area (Å²) in [4.78, 5) is 16.1. The second kappa shape index (κ2) is 5.10. The summed E-state index contributed by atoms with van der Waals surface area (Å²) in [6, 6.07) is 5.41. The number of carbonyl (C=O) groups is 1. The summed E-state index contributed by atoms with van der Waals surface area (Å²) >= 11 is 0. The van der Waals surface area contributed by atoms with Crippen LogP contribution in [-0.4, -0.2) is 24.4 Å². The third-order valence-electron chi connectivity index (χ3n) is 2.65. The molecule has 0 saturated carbocycles. The molecule has 0 amide bonds. The van der Waals surface area contributed by atoms with E-state index in [1.807, 2.05) is 7.05 Å². The van der Waals surface area contributed by atoms with Gasteiger partial charge in [0.2, 0.25) is 0 Å². The Bertz CT molecular complexity index is 531. The second-order valence-electron chi connectivity index (χ2n) is 4.05. The van der Waals surface area contributed by atoms with Gasteiger partial charge in [-0.15, -0.1) is 0 Å². The molecule has 2 rings (SSSR count). The van der Waals surface area contributed by atoms with Crippen LogP contribution < -0.4 is 5.32 Å². The summed E-state index contributed by atoms with van der Waals surface area (Å²) in [5.41, 5.74) is 2.19. The summed E-state index contributed by atoms with van der Waals surface area (Å²) in [5.74, 6) is 0.780. The minimum Gasteiger partial charge on any atom is -0.441 e. The smallest absolute Gasteiger partial charge is 0.192 e. The Morgan fingerprint density at radius 2 is 2.29 bits per heavy atom. The first-order valence-corrected chi connectivity index (χ1v) is 5.75. The molecular weight excluding hydrogens is 216 g/mol. The maximum Gasteiger partial charge on any atom is 0.192 e. The minimum absolute atomic E-state index is 0.155. The standard InChI is InChI=1S/C13H16N2O2/c1-9-15-11-8-10(5-6-13(11)17-9)12(16)4-3-7-14-2/h5-6,8,14H,3-4,7H2,1-2H3. The number of oxazole rings is 1. The highest BCUT2D eigenvalue weighted by molar-refractivity contribution is 5.98. The predicted molar refractivity (Wildman–Crippen MR) is 66.2 cm³/mol. The number of rotatable bonds is 5. The van der Waals surface area contributed by atoms with Crippen LogP contribution in [0.15, 0.2) is 22.6 Å². The van der Waals surface area contributed by atoms with Crippen molar-refractivity contribution in [2.45, 2.75) is 19.8 Å². The summed E-state index contributed by atoms with van der Waals surface area (Å²) in [6.07, 6.45) is 1.41. The first-order valence-electron chi connectivity index (χ1n) is 5.75. The van der Waals surface area contributed by atoms with Crippen molar-refractivity contribution in [3.05, 3.63) is 29.7 Å². The highest BCUT2D eigenvalue weighted by Crippen LogP contribution is 2.17. The van der Waals surface area contributed by atoms with Crippen LogP contribution in [0.4, 0.5) is 0 Å². The second-order valence-corrected chi connectivity index (χ2v) is 4.05. The van der Waals surface area contributed by atoms with Gasteiger partial charge in [0.05, 0.1) is 0 Å². The van der Waals surface area contributed by atoms with Gasteiger partial charge >= 0.3 is 0 Å². The SMILES string of the molecule is CNCCCC(=O)c1ccc2oc(C)nc2c1. The van der Waals surface area contributed by atoms with E-state index in [4.69, 9.17) is 4.42 Å². The number of nitrogens with one attached hydrogen (secondary N) is 1. The van der Waals surface area contributed by atoms with Gasteiger partial charge in [-0.05, 0) is 38.2 Å². The van der Waals surface area contributed by atoms with Crippen molar-refractivity contribution in [1.82, 2.24) is 10.3 Å². The molecule has 0 saturated heterocycles. The molecule has 0 aliphatic heterocycles. The first-order chi connectivity index (χ1) is 8.20. The van der Waals surface area contributed by atoms with Crippen LogP contribution in [0.5, 0.6) is 0 Å². The number of benzene rings is 1. The quantitative estimate of drug-likeness (QED) is 0.635. The molecule has 0 aliphatic carbocycles. The van der Waals surface area contributed by atoms with Crippen molar-refractivity contribution < 1.29 is 9.21 Å². The zero-order valence-electron chi connectivity index (χ0n) is 10.1. The van der Waals surface area contributed by atoms with E-state index in [-0.39, 0.29) is 5.78 Å². The molecule has 90 valence electrons. The van der Waals surface area contributed by atoms with E-state index in [1.165, 1.54) is 0 Å². The molecule has 1 aromatic carbocycles. The van der Waals surface area contributed by atoms with Gasteiger partial charge in [0.1, 0.15) is 5.52 Å². The largest absolute Gasteiger partial charge is 0.441 e. The number of hydrogen-bond donors (Lipinski definition) is 1. The van der Waals surface area contributed by atoms with Gasteiger partial charge in [-0.3, -0.25) is 4.79 Å². The van der Waals surface area contributed by atoms with E-state index in [0.29, 0.717) is 17.9 Å². The Hall–Kier alpha value is -1.68. The van der Waals surface area contributed by atoms with Gasteiger partial charge in [0.15, 0.2) is 17.3 Å². The summed E-state index contributed by atoms with van der Waals surface area (Å²) in [6.45, 7) is 2.66. The fourth-order valence-electron chi connectivity index (χ4n) is 1.79. The molecule has 0 atom stereocenters. The Kier molecular flexibility index (Phi) is 3.54. The topological polar surface area (TPSA) is 55.1 Å². The molecule has 1 aromatic heterocycles. The Balaban J connectivity index is 2.15. The molecule has 0 aliphatic rings. The van der Waals surface area contributed by atoms with Crippen molar-refractivity contribution in [2.75, 3.05) is 13.6 Å². The fraction of sp³-hybridized carbons (Fsp3) is 0.385. The zero-order valence-corrected chi connectivity index (χ0v) is 10.1. The minimum atomic E-state index is 0.155. The number of carbonyl (C=O) groups excluding carboxylic acids is 1. The Morgan fingerprint density at radius 1 is 1.47 bits per heavy atom. The molecule has 17 heavy (non-hydrogen) atoms. The van der Waals surface area contributed by atoms with E-state index in [9.17, 15) is 4.79 Å². The number of nitrogens with zero attached hydrogens (tertiary/aromatic N) is 1. The molecule has 0 unspecified atom stereocenters. The number of fused-ring (bicyclic) bond motifs is 1. The van der Waals surface area contributed by atoms with Crippen LogP contribution >= 0.6 is 0 Å². The lowest BCUT2D eigenvalue weighted by Gasteiger charge is -2.00. The third-order valence-corrected chi connectivity index (χ3v) is 2.65. The predicted octanol–water partition coefficient (Wildman–Crippen LogP) is 2.32. The van der Waals surface area contributed by atoms with Crippen molar-refractivity contribution in [1.29, 1.82) is 0 Å². The molecule has 0 fully saturated rings. The number of aromatic nitrogens is 1. The Labute approximate surface area is 100 Å². The maximum absolute atomic E-state index is 11.9. The molecule has 1 N–H and O–H groups in total. The number of ketones is 1. The average molecular weight is 232 g/mol. The first kappa shape index (κ1) is 11.8. The van der Waals surface area contributed by atoms with Gasteiger partial charge in [-0.1, -0.05) is 0 Å². The third kappa shape index (κ3) is 2.71. The van der Waals surface area contributed by atoms with E-state index in [0.717, 1.165) is 24.1 Å². The van der Waals surface area contributed by atoms with Crippen molar-refractivity contribution >= 4 is 16.9 Å². The van der Waals surface area contributed by atoms with Gasteiger partial charge in [0.25, 0.3) is 0 Å². The van der Waals surface area contributed by atoms with Gasteiger partial charge in [-0.2, -0.15) is 0 Å². The molecule has 0 spiro atoms. The normalized spacial score (nSPS) is 10.9. The highest BCUT2D eigenvalue weighted by Gasteiger charge is 2.08. The van der Waals surface area contributed by atoms with Crippen LogP contribution in [0.2, 0.25) is 0 Å². The van der Waals surface area contributed by atoms with Gasteiger partial charge in [-0.25, -0.2) is 4.98 Å². The van der Waals surface area contributed by atoms with Gasteiger partial charge in [0, 0.05) is 18.9 Å². The molecule has 0 bridgehead atoms. The van der Waals surface area contributed by atoms with E-state index < -0.39 is 0 Å². The molecule has 4 nitrogen and oxygen atoms in total. The van der Waals surface area contributed by atoms with Crippen LogP contribution in [0.25, 0.3) is 11.1 Å². The monoisotopic (exact) mass is 232 g/mol. The highest BCUT2D eigenvalue weighted by atomic mass is 16.3. The maximum atomic E-state index is 11.9. The molecule has 4 heteroatoms. The lowest BCUT2D eigenvalue weighted by Crippen LogP contribution is -2.10. The zero-order chi connectivity index (χ0) is 12.3. The van der Waals surface area contributed by atoms with Crippen LogP contribution in [0.3, 0.4) is 0 Å². The molecule has 2 aromatic rings. The van der Waals surface area contributed by atoms with E-state index in [2.05, 4.69) is 10.3 Å². The average Bonchev–Trinajstić information content (AvgIpc) is 2.68. The number of aryl methyl sites for hydroxylation is 1. The van der Waals surface area contributed by atoms with Crippen LogP contribution in [0.1, 0.15) is 29.1 Å². The molecule has 1 heterocycles. The molecule has 0 radical (unpaired) electrons. The lowest BCUT2D eigenvalue weighted by atomic mass is 10.1. The van der Waals surface area contributed by atoms with E-state index >= 15 is 0 Å². The van der Waals surface area contributed by atoms with Crippen molar-refractivity contribution in [2.24, 2.45) is 0 Å².